The molecule has 242 valence electrons. The molecular formula is C37H31FN4O4S2. The van der Waals surface area contributed by atoms with E-state index in [1.165, 1.54) is 40.9 Å². The number of rotatable bonds is 9. The number of hydrogen-bond acceptors (Lipinski definition) is 7. The lowest BCUT2D eigenvalue weighted by Gasteiger charge is -2.26. The van der Waals surface area contributed by atoms with E-state index in [-0.39, 0.29) is 41.1 Å². The van der Waals surface area contributed by atoms with Crippen LogP contribution in [0.4, 0.5) is 10.1 Å². The first-order valence-electron chi connectivity index (χ1n) is 15.3. The maximum absolute atomic E-state index is 14.3. The van der Waals surface area contributed by atoms with Gasteiger partial charge < -0.3 is 15.5 Å². The number of amides is 3. The monoisotopic (exact) mass is 678 g/mol. The van der Waals surface area contributed by atoms with Gasteiger partial charge in [-0.05, 0) is 73.1 Å². The van der Waals surface area contributed by atoms with Crippen LogP contribution in [0.25, 0.3) is 6.08 Å². The molecule has 0 saturated carbocycles. The van der Waals surface area contributed by atoms with Gasteiger partial charge in [-0.25, -0.2) is 4.39 Å². The largest absolute Gasteiger partial charge is 0.325 e. The maximum Gasteiger partial charge on any atom is 0.263 e. The minimum Gasteiger partial charge on any atom is -0.325 e. The molecule has 0 aromatic heterocycles. The molecular weight excluding hydrogens is 648 g/mol. The van der Waals surface area contributed by atoms with Crippen LogP contribution >= 0.6 is 24.0 Å². The molecule has 4 aromatic rings. The minimum absolute atomic E-state index is 0.139. The Balaban J connectivity index is 1.25. The summed E-state index contributed by atoms with van der Waals surface area (Å²) in [5.41, 5.74) is 2.99. The highest BCUT2D eigenvalue weighted by Gasteiger charge is 2.42. The Morgan fingerprint density at radius 1 is 0.958 bits per heavy atom. The smallest absolute Gasteiger partial charge is 0.263 e. The Morgan fingerprint density at radius 3 is 2.29 bits per heavy atom. The molecule has 2 aliphatic heterocycles. The molecule has 11 heteroatoms. The highest BCUT2D eigenvalue weighted by atomic mass is 32.2. The highest BCUT2D eigenvalue weighted by molar-refractivity contribution is 8.26. The van der Waals surface area contributed by atoms with E-state index in [1.807, 2.05) is 37.4 Å². The second-order valence-electron chi connectivity index (χ2n) is 11.6. The number of thiocarbonyl (C=S) groups is 1. The fourth-order valence-corrected chi connectivity index (χ4v) is 6.89. The third-order valence-corrected chi connectivity index (χ3v) is 9.53. The van der Waals surface area contributed by atoms with E-state index < -0.39 is 23.5 Å². The van der Waals surface area contributed by atoms with Crippen molar-refractivity contribution >= 4 is 63.6 Å². The fourth-order valence-electron chi connectivity index (χ4n) is 5.85. The van der Waals surface area contributed by atoms with E-state index in [2.05, 4.69) is 15.5 Å². The molecule has 4 aromatic carbocycles. The molecule has 0 spiro atoms. The predicted molar refractivity (Wildman–Crippen MR) is 189 cm³/mol. The quantitative estimate of drug-likeness (QED) is 0.129. The summed E-state index contributed by atoms with van der Waals surface area (Å²) >= 11 is 6.25. The first-order valence-corrected chi connectivity index (χ1v) is 16.5. The Labute approximate surface area is 287 Å². The highest BCUT2D eigenvalue weighted by Crippen LogP contribution is 2.29. The Morgan fingerprint density at radius 2 is 1.62 bits per heavy atom. The molecule has 2 aliphatic rings. The fraction of sp³-hybridized carbons (Fsp3) is 0.162. The molecule has 0 aliphatic carbocycles. The zero-order valence-electron chi connectivity index (χ0n) is 25.9. The molecule has 0 unspecified atom stereocenters. The van der Waals surface area contributed by atoms with Crippen molar-refractivity contribution in [3.63, 3.8) is 0 Å². The van der Waals surface area contributed by atoms with Crippen molar-refractivity contribution in [2.45, 2.75) is 25.0 Å². The molecule has 2 N–H and O–H groups in total. The Hall–Kier alpha value is -4.97. The van der Waals surface area contributed by atoms with Gasteiger partial charge in [0.2, 0.25) is 5.91 Å². The zero-order chi connectivity index (χ0) is 33.8. The van der Waals surface area contributed by atoms with E-state index in [1.54, 1.807) is 54.6 Å². The number of carbonyl (C=O) groups is 4. The van der Waals surface area contributed by atoms with E-state index in [4.69, 9.17) is 12.2 Å². The number of nitrogens with one attached hydrogen (secondary N) is 2. The van der Waals surface area contributed by atoms with Crippen LogP contribution in [-0.4, -0.2) is 63.3 Å². The van der Waals surface area contributed by atoms with Crippen molar-refractivity contribution in [1.82, 2.24) is 15.1 Å². The lowest BCUT2D eigenvalue weighted by molar-refractivity contribution is -0.119. The third kappa shape index (κ3) is 7.44. The molecule has 0 radical (unpaired) electrons. The summed E-state index contributed by atoms with van der Waals surface area (Å²) in [4.78, 5) is 57.9. The van der Waals surface area contributed by atoms with Crippen LogP contribution in [0, 0.1) is 5.82 Å². The number of nitrogens with zero attached hydrogens (tertiary/aromatic N) is 2. The van der Waals surface area contributed by atoms with E-state index in [0.29, 0.717) is 27.9 Å². The molecule has 2 saturated heterocycles. The summed E-state index contributed by atoms with van der Waals surface area (Å²) < 4.78 is 14.0. The number of likely N-dealkylation sites (tertiary alicyclic amines) is 1. The van der Waals surface area contributed by atoms with Gasteiger partial charge in [0.1, 0.15) is 16.2 Å². The van der Waals surface area contributed by atoms with Gasteiger partial charge in [0.15, 0.2) is 5.78 Å². The average Bonchev–Trinajstić information content (AvgIpc) is 3.68. The van der Waals surface area contributed by atoms with Gasteiger partial charge in [0.05, 0.1) is 10.5 Å². The molecule has 48 heavy (non-hydrogen) atoms. The number of ketones is 1. The van der Waals surface area contributed by atoms with Crippen molar-refractivity contribution in [2.75, 3.05) is 18.9 Å². The summed E-state index contributed by atoms with van der Waals surface area (Å²) in [5.74, 6) is -1.93. The third-order valence-electron chi connectivity index (χ3n) is 8.37. The van der Waals surface area contributed by atoms with E-state index in [9.17, 15) is 23.6 Å². The first kappa shape index (κ1) is 33.0. The van der Waals surface area contributed by atoms with Gasteiger partial charge >= 0.3 is 0 Å². The molecule has 2 heterocycles. The molecule has 0 bridgehead atoms. The number of carbonyl (C=O) groups excluding carboxylic acids is 4. The number of benzene rings is 4. The molecule has 2 atom stereocenters. The molecule has 6 rings (SSSR count). The van der Waals surface area contributed by atoms with Gasteiger partial charge in [0.25, 0.3) is 11.8 Å². The second kappa shape index (κ2) is 14.4. The minimum atomic E-state index is -0.823. The lowest BCUT2D eigenvalue weighted by atomic mass is 9.97. The molecule has 3 amide bonds. The van der Waals surface area contributed by atoms with Crippen LogP contribution in [0.3, 0.4) is 0 Å². The van der Waals surface area contributed by atoms with Crippen molar-refractivity contribution < 1.29 is 23.6 Å². The van der Waals surface area contributed by atoms with Crippen LogP contribution < -0.4 is 10.6 Å². The van der Waals surface area contributed by atoms with Gasteiger partial charge in [-0.3, -0.25) is 24.1 Å². The predicted octanol–water partition coefficient (Wildman–Crippen LogP) is 5.90. The number of anilines is 1. The molecule has 8 nitrogen and oxygen atoms in total. The summed E-state index contributed by atoms with van der Waals surface area (Å²) in [6, 6.07) is 27.7. The van der Waals surface area contributed by atoms with Crippen molar-refractivity contribution in [3.8, 4) is 0 Å². The molecule has 2 fully saturated rings. The zero-order valence-corrected chi connectivity index (χ0v) is 27.5. The van der Waals surface area contributed by atoms with E-state index >= 15 is 0 Å². The van der Waals surface area contributed by atoms with Crippen LogP contribution in [0.15, 0.2) is 108 Å². The van der Waals surface area contributed by atoms with Crippen LogP contribution in [0.1, 0.15) is 43.8 Å². The standard InChI is InChI=1S/C37H31FN4O4S2/c1-41(21-24-7-3-2-4-8-24)28-20-31(34(44)39-27-17-11-23(12-18-27)19-32-35(45)40-37(47)48-32)42(22-28)36(46)30-10-6-5-9-29(30)33(43)25-13-15-26(38)16-14-25/h2-19,28,31H,20-22H2,1H3,(H,39,44)(H,40,45,47)/t28-,31+/m1/s1. The maximum atomic E-state index is 14.3. The lowest BCUT2D eigenvalue weighted by Crippen LogP contribution is -2.43. The average molecular weight is 679 g/mol. The second-order valence-corrected chi connectivity index (χ2v) is 13.3. The topological polar surface area (TPSA) is 98.8 Å². The SMILES string of the molecule is CN(Cc1ccccc1)[C@@H]1C[C@@H](C(=O)Nc2ccc(C=C3SC(=S)NC3=O)cc2)N(C(=O)c2ccccc2C(=O)c2ccc(F)cc2)C1. The summed E-state index contributed by atoms with van der Waals surface area (Å²) in [6.07, 6.45) is 2.10. The van der Waals surface area contributed by atoms with Crippen molar-refractivity contribution in [1.29, 1.82) is 0 Å². The van der Waals surface area contributed by atoms with E-state index in [0.717, 1.165) is 11.1 Å². The van der Waals surface area contributed by atoms with Crippen molar-refractivity contribution in [3.05, 3.63) is 142 Å². The number of likely N-dealkylation sites (N-methyl/N-ethyl adjacent to an activating group) is 1. The summed E-state index contributed by atoms with van der Waals surface area (Å²) in [5, 5.41) is 5.54. The van der Waals surface area contributed by atoms with Gasteiger partial charge in [-0.1, -0.05) is 84.6 Å². The Kier molecular flexibility index (Phi) is 9.90. The van der Waals surface area contributed by atoms with Crippen molar-refractivity contribution in [2.24, 2.45) is 0 Å². The van der Waals surface area contributed by atoms with Crippen LogP contribution in [-0.2, 0) is 16.1 Å². The summed E-state index contributed by atoms with van der Waals surface area (Å²) in [7, 11) is 1.97. The first-order chi connectivity index (χ1) is 23.2. The van der Waals surface area contributed by atoms with Gasteiger partial charge in [-0.2, -0.15) is 0 Å². The number of hydrogen-bond donors (Lipinski definition) is 2. The van der Waals surface area contributed by atoms with Gasteiger partial charge in [0, 0.05) is 35.9 Å². The summed E-state index contributed by atoms with van der Waals surface area (Å²) in [6.45, 7) is 0.896. The number of halogens is 1. The Bertz CT molecular complexity index is 1920. The normalized spacial score (nSPS) is 18.3. The van der Waals surface area contributed by atoms with Crippen LogP contribution in [0.5, 0.6) is 0 Å². The van der Waals surface area contributed by atoms with Gasteiger partial charge in [-0.15, -0.1) is 0 Å². The number of thioether (sulfide) groups is 1. The van der Waals surface area contributed by atoms with Crippen LogP contribution in [0.2, 0.25) is 0 Å².